The zero-order chi connectivity index (χ0) is 13.0. The predicted octanol–water partition coefficient (Wildman–Crippen LogP) is 2.48. The molecule has 1 unspecified atom stereocenters. The minimum atomic E-state index is -0.0363. The fourth-order valence-corrected chi connectivity index (χ4v) is 1.72. The summed E-state index contributed by atoms with van der Waals surface area (Å²) in [6.07, 6.45) is 1.73. The van der Waals surface area contributed by atoms with Gasteiger partial charge in [0, 0.05) is 18.2 Å². The Morgan fingerprint density at radius 2 is 2.17 bits per heavy atom. The third-order valence-electron chi connectivity index (χ3n) is 2.77. The monoisotopic (exact) mass is 249 g/mol. The van der Waals surface area contributed by atoms with Crippen LogP contribution in [0.4, 0.5) is 0 Å². The smallest absolute Gasteiger partial charge is 0.231 e. The van der Waals surface area contributed by atoms with E-state index < -0.39 is 0 Å². The van der Waals surface area contributed by atoms with Gasteiger partial charge in [0.15, 0.2) is 11.5 Å². The largest absolute Gasteiger partial charge is 0.486 e. The van der Waals surface area contributed by atoms with Crippen molar-refractivity contribution < 1.29 is 14.2 Å². The Morgan fingerprint density at radius 3 is 2.83 bits per heavy atom. The number of rotatable bonds is 6. The maximum atomic E-state index is 5.82. The first kappa shape index (κ1) is 12.8. The molecule has 2 rings (SSSR count). The molecule has 1 N–H and O–H groups in total. The molecular weight excluding hydrogens is 230 g/mol. The van der Waals surface area contributed by atoms with Crippen LogP contribution in [0.2, 0.25) is 0 Å². The molecule has 4 heteroatoms. The second kappa shape index (κ2) is 5.78. The Kier molecular flexibility index (Phi) is 4.10. The summed E-state index contributed by atoms with van der Waals surface area (Å²) in [5.41, 5.74) is 1.06. The van der Waals surface area contributed by atoms with Crippen LogP contribution in [0.5, 0.6) is 17.2 Å². The molecule has 0 bridgehead atoms. The van der Waals surface area contributed by atoms with E-state index in [0.717, 1.165) is 35.9 Å². The standard InChI is InChI=1S/C14H19NO3/c1-4-10(3)18-12-7-14-13(16-9-17-14)6-11(12)8-15-5-2/h4,6-7,10,15H,1,5,8-9H2,2-3H3. The minimum Gasteiger partial charge on any atom is -0.486 e. The number of ether oxygens (including phenoxy) is 3. The first-order valence-electron chi connectivity index (χ1n) is 6.17. The zero-order valence-corrected chi connectivity index (χ0v) is 10.9. The van der Waals surface area contributed by atoms with Crippen molar-refractivity contribution in [3.8, 4) is 17.2 Å². The molecule has 1 heterocycles. The minimum absolute atomic E-state index is 0.0363. The highest BCUT2D eigenvalue weighted by Gasteiger charge is 2.18. The molecule has 1 aliphatic heterocycles. The lowest BCUT2D eigenvalue weighted by molar-refractivity contribution is 0.173. The van der Waals surface area contributed by atoms with Crippen LogP contribution in [0.3, 0.4) is 0 Å². The van der Waals surface area contributed by atoms with E-state index >= 15 is 0 Å². The van der Waals surface area contributed by atoms with Crippen molar-refractivity contribution in [1.29, 1.82) is 0 Å². The van der Waals surface area contributed by atoms with Crippen LogP contribution in [0, 0.1) is 0 Å². The van der Waals surface area contributed by atoms with Gasteiger partial charge in [-0.05, 0) is 19.5 Å². The number of hydrogen-bond acceptors (Lipinski definition) is 4. The molecule has 0 aromatic heterocycles. The van der Waals surface area contributed by atoms with Gasteiger partial charge in [-0.2, -0.15) is 0 Å². The summed E-state index contributed by atoms with van der Waals surface area (Å²) in [6, 6.07) is 3.85. The molecule has 0 saturated carbocycles. The van der Waals surface area contributed by atoms with E-state index in [-0.39, 0.29) is 12.9 Å². The van der Waals surface area contributed by atoms with Gasteiger partial charge in [-0.3, -0.25) is 0 Å². The SMILES string of the molecule is C=CC(C)Oc1cc2c(cc1CNCC)OCO2. The van der Waals surface area contributed by atoms with Gasteiger partial charge in [0.25, 0.3) is 0 Å². The van der Waals surface area contributed by atoms with Crippen LogP contribution in [-0.2, 0) is 6.54 Å². The summed E-state index contributed by atoms with van der Waals surface area (Å²) >= 11 is 0. The average molecular weight is 249 g/mol. The lowest BCUT2D eigenvalue weighted by Gasteiger charge is -2.15. The van der Waals surface area contributed by atoms with Gasteiger partial charge >= 0.3 is 0 Å². The second-order valence-electron chi connectivity index (χ2n) is 4.15. The molecule has 18 heavy (non-hydrogen) atoms. The Bertz CT molecular complexity index is 431. The van der Waals surface area contributed by atoms with E-state index in [1.165, 1.54) is 0 Å². The van der Waals surface area contributed by atoms with Gasteiger partial charge in [-0.1, -0.05) is 19.6 Å². The molecule has 0 spiro atoms. The van der Waals surface area contributed by atoms with Crippen LogP contribution in [0.25, 0.3) is 0 Å². The normalized spacial score (nSPS) is 14.3. The topological polar surface area (TPSA) is 39.7 Å². The van der Waals surface area contributed by atoms with Gasteiger partial charge in [0.1, 0.15) is 11.9 Å². The molecule has 1 aromatic rings. The zero-order valence-electron chi connectivity index (χ0n) is 10.9. The van der Waals surface area contributed by atoms with Gasteiger partial charge < -0.3 is 19.5 Å². The van der Waals surface area contributed by atoms with Crippen molar-refractivity contribution in [2.24, 2.45) is 0 Å². The highest BCUT2D eigenvalue weighted by molar-refractivity contribution is 5.52. The van der Waals surface area contributed by atoms with Gasteiger partial charge in [0.05, 0.1) is 0 Å². The van der Waals surface area contributed by atoms with Crippen molar-refractivity contribution in [3.05, 3.63) is 30.4 Å². The first-order chi connectivity index (χ1) is 8.74. The molecule has 1 aromatic carbocycles. The van der Waals surface area contributed by atoms with Gasteiger partial charge in [-0.25, -0.2) is 0 Å². The summed E-state index contributed by atoms with van der Waals surface area (Å²) < 4.78 is 16.6. The molecule has 0 amide bonds. The van der Waals surface area contributed by atoms with Crippen molar-refractivity contribution >= 4 is 0 Å². The number of fused-ring (bicyclic) bond motifs is 1. The van der Waals surface area contributed by atoms with Crippen molar-refractivity contribution in [2.75, 3.05) is 13.3 Å². The maximum absolute atomic E-state index is 5.82. The summed E-state index contributed by atoms with van der Waals surface area (Å²) in [5.74, 6) is 2.33. The Balaban J connectivity index is 2.25. The van der Waals surface area contributed by atoms with E-state index in [2.05, 4.69) is 18.8 Å². The van der Waals surface area contributed by atoms with Crippen LogP contribution in [-0.4, -0.2) is 19.4 Å². The van der Waals surface area contributed by atoms with E-state index in [4.69, 9.17) is 14.2 Å². The summed E-state index contributed by atoms with van der Waals surface area (Å²) in [4.78, 5) is 0. The summed E-state index contributed by atoms with van der Waals surface area (Å²) in [6.45, 7) is 9.67. The first-order valence-corrected chi connectivity index (χ1v) is 6.17. The Morgan fingerprint density at radius 1 is 1.44 bits per heavy atom. The van der Waals surface area contributed by atoms with E-state index in [1.807, 2.05) is 19.1 Å². The number of nitrogens with one attached hydrogen (secondary N) is 1. The molecule has 0 fully saturated rings. The fourth-order valence-electron chi connectivity index (χ4n) is 1.72. The van der Waals surface area contributed by atoms with E-state index in [0.29, 0.717) is 0 Å². The third kappa shape index (κ3) is 2.76. The third-order valence-corrected chi connectivity index (χ3v) is 2.77. The van der Waals surface area contributed by atoms with E-state index in [9.17, 15) is 0 Å². The Hall–Kier alpha value is -1.68. The molecule has 0 aliphatic carbocycles. The van der Waals surface area contributed by atoms with Crippen molar-refractivity contribution in [1.82, 2.24) is 5.32 Å². The molecule has 4 nitrogen and oxygen atoms in total. The summed E-state index contributed by atoms with van der Waals surface area (Å²) in [5, 5.41) is 3.29. The highest BCUT2D eigenvalue weighted by Crippen LogP contribution is 2.38. The second-order valence-corrected chi connectivity index (χ2v) is 4.15. The van der Waals surface area contributed by atoms with Crippen LogP contribution in [0.15, 0.2) is 24.8 Å². The Labute approximate surface area is 108 Å². The number of hydrogen-bond donors (Lipinski definition) is 1. The predicted molar refractivity (Wildman–Crippen MR) is 70.2 cm³/mol. The molecule has 0 saturated heterocycles. The lowest BCUT2D eigenvalue weighted by Crippen LogP contribution is -2.15. The van der Waals surface area contributed by atoms with Gasteiger partial charge in [0.2, 0.25) is 6.79 Å². The lowest BCUT2D eigenvalue weighted by atomic mass is 10.1. The van der Waals surface area contributed by atoms with E-state index in [1.54, 1.807) is 6.08 Å². The van der Waals surface area contributed by atoms with Crippen molar-refractivity contribution in [2.45, 2.75) is 26.5 Å². The molecular formula is C14H19NO3. The molecule has 1 aliphatic rings. The average Bonchev–Trinajstić information content (AvgIpc) is 2.82. The molecule has 0 radical (unpaired) electrons. The van der Waals surface area contributed by atoms with Crippen LogP contribution < -0.4 is 19.5 Å². The van der Waals surface area contributed by atoms with Crippen LogP contribution >= 0.6 is 0 Å². The van der Waals surface area contributed by atoms with Gasteiger partial charge in [-0.15, -0.1) is 0 Å². The van der Waals surface area contributed by atoms with Crippen molar-refractivity contribution in [3.63, 3.8) is 0 Å². The fraction of sp³-hybridized carbons (Fsp3) is 0.429. The summed E-state index contributed by atoms with van der Waals surface area (Å²) in [7, 11) is 0. The molecule has 98 valence electrons. The highest BCUT2D eigenvalue weighted by atomic mass is 16.7. The number of benzene rings is 1. The molecule has 1 atom stereocenters. The maximum Gasteiger partial charge on any atom is 0.231 e. The van der Waals surface area contributed by atoms with Crippen LogP contribution in [0.1, 0.15) is 19.4 Å². The quantitative estimate of drug-likeness (QED) is 0.786.